The molecule has 27 heavy (non-hydrogen) atoms. The predicted octanol–water partition coefficient (Wildman–Crippen LogP) is 4.37. The van der Waals surface area contributed by atoms with Crippen LogP contribution in [-0.2, 0) is 9.16 Å². The SMILES string of the molecule is CCC1(O)C(C)OC(c2ccncc2[N+](=O)[O-])CC1O[Si](C)(C)C(C)(C)C. The highest BCUT2D eigenvalue weighted by Crippen LogP contribution is 2.46. The molecule has 1 aromatic heterocycles. The highest BCUT2D eigenvalue weighted by Gasteiger charge is 2.52. The summed E-state index contributed by atoms with van der Waals surface area (Å²) in [4.78, 5) is 14.8. The highest BCUT2D eigenvalue weighted by atomic mass is 28.4. The zero-order valence-electron chi connectivity index (χ0n) is 17.4. The average molecular weight is 397 g/mol. The summed E-state index contributed by atoms with van der Waals surface area (Å²) in [7, 11) is -2.15. The first-order chi connectivity index (χ1) is 12.3. The summed E-state index contributed by atoms with van der Waals surface area (Å²) < 4.78 is 12.6. The molecule has 1 fully saturated rings. The molecule has 0 amide bonds. The maximum Gasteiger partial charge on any atom is 0.293 e. The van der Waals surface area contributed by atoms with E-state index in [0.29, 0.717) is 18.4 Å². The van der Waals surface area contributed by atoms with Crippen molar-refractivity contribution >= 4 is 14.0 Å². The minimum Gasteiger partial charge on any atom is -0.411 e. The second-order valence-electron chi connectivity index (χ2n) is 8.91. The van der Waals surface area contributed by atoms with Gasteiger partial charge in [0.05, 0.1) is 28.8 Å². The van der Waals surface area contributed by atoms with Crippen molar-refractivity contribution in [1.29, 1.82) is 0 Å². The standard InChI is InChI=1S/C19H32N2O5Si/c1-8-19(22)13(2)25-16(14-9-10-20-12-15(14)21(23)24)11-17(19)26-27(6,7)18(3,4)5/h9-10,12-13,16-17,22H,8,11H2,1-7H3. The van der Waals surface area contributed by atoms with E-state index in [2.05, 4.69) is 38.8 Å². The number of aromatic nitrogens is 1. The largest absolute Gasteiger partial charge is 0.411 e. The number of ether oxygens (including phenoxy) is 1. The van der Waals surface area contributed by atoms with E-state index in [-0.39, 0.29) is 10.7 Å². The van der Waals surface area contributed by atoms with Crippen LogP contribution < -0.4 is 0 Å². The van der Waals surface area contributed by atoms with Crippen LogP contribution in [0, 0.1) is 10.1 Å². The molecule has 1 N–H and O–H groups in total. The van der Waals surface area contributed by atoms with Gasteiger partial charge in [-0.2, -0.15) is 0 Å². The molecule has 152 valence electrons. The van der Waals surface area contributed by atoms with Gasteiger partial charge in [0.1, 0.15) is 11.8 Å². The Labute approximate surface area is 162 Å². The topological polar surface area (TPSA) is 94.7 Å². The number of hydrogen-bond donors (Lipinski definition) is 1. The lowest BCUT2D eigenvalue weighted by molar-refractivity contribution is -0.387. The maximum absolute atomic E-state index is 11.4. The molecule has 4 unspecified atom stereocenters. The van der Waals surface area contributed by atoms with E-state index in [1.807, 2.05) is 13.8 Å². The van der Waals surface area contributed by atoms with Crippen LogP contribution in [0.4, 0.5) is 5.69 Å². The summed E-state index contributed by atoms with van der Waals surface area (Å²) in [6, 6.07) is 1.62. The molecule has 0 aliphatic carbocycles. The molecule has 0 bridgehead atoms. The molecule has 1 saturated heterocycles. The Balaban J connectivity index is 2.41. The minimum atomic E-state index is -2.15. The predicted molar refractivity (Wildman–Crippen MR) is 106 cm³/mol. The first kappa shape index (κ1) is 21.9. The first-order valence-corrected chi connectivity index (χ1v) is 12.4. The van der Waals surface area contributed by atoms with Crippen molar-refractivity contribution in [3.05, 3.63) is 34.1 Å². The van der Waals surface area contributed by atoms with E-state index in [1.54, 1.807) is 6.07 Å². The van der Waals surface area contributed by atoms with Crippen molar-refractivity contribution in [2.45, 2.75) is 89.5 Å². The monoisotopic (exact) mass is 396 g/mol. The van der Waals surface area contributed by atoms with Crippen LogP contribution in [0.15, 0.2) is 18.5 Å². The Morgan fingerprint density at radius 3 is 2.63 bits per heavy atom. The number of hydrogen-bond acceptors (Lipinski definition) is 6. The normalized spacial score (nSPS) is 29.6. The molecule has 8 heteroatoms. The third kappa shape index (κ3) is 4.23. The Kier molecular flexibility index (Phi) is 6.16. The summed E-state index contributed by atoms with van der Waals surface area (Å²) in [5, 5.41) is 22.7. The summed E-state index contributed by atoms with van der Waals surface area (Å²) in [6.45, 7) is 14.5. The Hall–Kier alpha value is -1.35. The van der Waals surface area contributed by atoms with Crippen molar-refractivity contribution in [3.63, 3.8) is 0 Å². The van der Waals surface area contributed by atoms with Gasteiger partial charge in [-0.25, -0.2) is 0 Å². The summed E-state index contributed by atoms with van der Waals surface area (Å²) in [5.74, 6) is 0. The number of aliphatic hydroxyl groups is 1. The quantitative estimate of drug-likeness (QED) is 0.451. The van der Waals surface area contributed by atoms with Gasteiger partial charge in [0, 0.05) is 12.6 Å². The van der Waals surface area contributed by atoms with Gasteiger partial charge in [-0.3, -0.25) is 15.1 Å². The molecule has 2 heterocycles. The van der Waals surface area contributed by atoms with Crippen LogP contribution in [0.1, 0.15) is 59.1 Å². The molecule has 4 atom stereocenters. The molecule has 0 radical (unpaired) electrons. The smallest absolute Gasteiger partial charge is 0.293 e. The molecule has 0 saturated carbocycles. The van der Waals surface area contributed by atoms with Crippen LogP contribution in [0.3, 0.4) is 0 Å². The highest BCUT2D eigenvalue weighted by molar-refractivity contribution is 6.74. The van der Waals surface area contributed by atoms with Gasteiger partial charge in [-0.15, -0.1) is 0 Å². The molecular weight excluding hydrogens is 364 g/mol. The lowest BCUT2D eigenvalue weighted by Crippen LogP contribution is -2.60. The second-order valence-corrected chi connectivity index (χ2v) is 13.7. The van der Waals surface area contributed by atoms with Gasteiger partial charge in [0.2, 0.25) is 0 Å². The Bertz CT molecular complexity index is 691. The van der Waals surface area contributed by atoms with E-state index in [1.165, 1.54) is 12.4 Å². The van der Waals surface area contributed by atoms with Crippen molar-refractivity contribution in [1.82, 2.24) is 4.98 Å². The van der Waals surface area contributed by atoms with Gasteiger partial charge in [0.25, 0.3) is 5.69 Å². The fourth-order valence-electron chi connectivity index (χ4n) is 3.30. The lowest BCUT2D eigenvalue weighted by atomic mass is 9.81. The Morgan fingerprint density at radius 2 is 2.11 bits per heavy atom. The third-order valence-electron chi connectivity index (χ3n) is 6.24. The molecule has 2 rings (SSSR count). The van der Waals surface area contributed by atoms with E-state index >= 15 is 0 Å². The van der Waals surface area contributed by atoms with E-state index < -0.39 is 37.2 Å². The van der Waals surface area contributed by atoms with E-state index in [0.717, 1.165) is 0 Å². The Morgan fingerprint density at radius 1 is 1.48 bits per heavy atom. The van der Waals surface area contributed by atoms with E-state index in [9.17, 15) is 15.2 Å². The minimum absolute atomic E-state index is 0.0125. The van der Waals surface area contributed by atoms with Crippen LogP contribution in [0.2, 0.25) is 18.1 Å². The number of nitrogens with zero attached hydrogens (tertiary/aromatic N) is 2. The zero-order valence-corrected chi connectivity index (χ0v) is 18.4. The van der Waals surface area contributed by atoms with Gasteiger partial charge in [-0.05, 0) is 37.5 Å². The number of nitro groups is 1. The van der Waals surface area contributed by atoms with Crippen LogP contribution in [-0.4, -0.2) is 41.1 Å². The second kappa shape index (κ2) is 7.58. The number of rotatable bonds is 5. The van der Waals surface area contributed by atoms with Gasteiger partial charge in [-0.1, -0.05) is 27.7 Å². The molecule has 1 aliphatic rings. The fourth-order valence-corrected chi connectivity index (χ4v) is 4.66. The molecule has 0 spiro atoms. The molecule has 1 aromatic rings. The summed E-state index contributed by atoms with van der Waals surface area (Å²) in [6.07, 6.45) is 2.14. The zero-order chi connectivity index (χ0) is 20.6. The molecule has 1 aliphatic heterocycles. The summed E-state index contributed by atoms with van der Waals surface area (Å²) >= 11 is 0. The maximum atomic E-state index is 11.4. The van der Waals surface area contributed by atoms with Gasteiger partial charge >= 0.3 is 0 Å². The van der Waals surface area contributed by atoms with Crippen molar-refractivity contribution in [2.75, 3.05) is 0 Å². The van der Waals surface area contributed by atoms with E-state index in [4.69, 9.17) is 9.16 Å². The fraction of sp³-hybridized carbons (Fsp3) is 0.737. The first-order valence-electron chi connectivity index (χ1n) is 9.47. The number of pyridine rings is 1. The average Bonchev–Trinajstić information content (AvgIpc) is 2.57. The van der Waals surface area contributed by atoms with Gasteiger partial charge < -0.3 is 14.3 Å². The van der Waals surface area contributed by atoms with Crippen molar-refractivity contribution < 1.29 is 19.2 Å². The molecular formula is C19H32N2O5Si. The van der Waals surface area contributed by atoms with Gasteiger partial charge in [0.15, 0.2) is 8.32 Å². The van der Waals surface area contributed by atoms with Crippen LogP contribution >= 0.6 is 0 Å². The van der Waals surface area contributed by atoms with Crippen molar-refractivity contribution in [3.8, 4) is 0 Å². The van der Waals surface area contributed by atoms with Crippen LogP contribution in [0.25, 0.3) is 0 Å². The third-order valence-corrected chi connectivity index (χ3v) is 10.7. The van der Waals surface area contributed by atoms with Crippen molar-refractivity contribution in [2.24, 2.45) is 0 Å². The molecule has 0 aromatic carbocycles. The molecule has 7 nitrogen and oxygen atoms in total. The summed E-state index contributed by atoms with van der Waals surface area (Å²) in [5.41, 5.74) is -0.722. The van der Waals surface area contributed by atoms with Crippen LogP contribution in [0.5, 0.6) is 0 Å². The lowest BCUT2D eigenvalue weighted by Gasteiger charge is -2.50.